The summed E-state index contributed by atoms with van der Waals surface area (Å²) in [6.45, 7) is 0. The highest BCUT2D eigenvalue weighted by molar-refractivity contribution is 6.53. The maximum atomic E-state index is 13.9. The van der Waals surface area contributed by atoms with Crippen LogP contribution in [0.15, 0.2) is 121 Å². The molecule has 0 saturated heterocycles. The lowest BCUT2D eigenvalue weighted by molar-refractivity contribution is 0.0300. The number of carbonyl (C=O) groups excluding carboxylic acids is 1. The summed E-state index contributed by atoms with van der Waals surface area (Å²) in [7, 11) is 7.98. The van der Waals surface area contributed by atoms with Crippen molar-refractivity contribution in [3.63, 3.8) is 0 Å². The Labute approximate surface area is 301 Å². The molecule has 0 amide bonds. The van der Waals surface area contributed by atoms with Crippen LogP contribution in [-0.4, -0.2) is 34.2 Å². The van der Waals surface area contributed by atoms with Gasteiger partial charge in [-0.05, 0) is 69.8 Å². The van der Waals surface area contributed by atoms with Crippen LogP contribution in [0.5, 0.6) is 0 Å². The summed E-state index contributed by atoms with van der Waals surface area (Å²) in [6.07, 6.45) is 3.86. The fourth-order valence-electron chi connectivity index (χ4n) is 5.90. The van der Waals surface area contributed by atoms with E-state index in [1.54, 1.807) is 0 Å². The van der Waals surface area contributed by atoms with E-state index in [1.807, 2.05) is 159 Å². The maximum absolute atomic E-state index is 13.9. The minimum atomic E-state index is -1.56. The highest BCUT2D eigenvalue weighted by Gasteiger charge is 2.48. The van der Waals surface area contributed by atoms with Gasteiger partial charge in [-0.25, -0.2) is 4.79 Å². The van der Waals surface area contributed by atoms with Crippen LogP contribution in [0.1, 0.15) is 38.2 Å². The van der Waals surface area contributed by atoms with E-state index in [0.29, 0.717) is 5.56 Å². The van der Waals surface area contributed by atoms with Crippen LogP contribution < -0.4 is 9.80 Å². The zero-order valence-corrected chi connectivity index (χ0v) is 29.8. The first-order chi connectivity index (χ1) is 23.0. The lowest BCUT2D eigenvalue weighted by atomic mass is 9.83. The normalized spacial score (nSPS) is 16.0. The van der Waals surface area contributed by atoms with Gasteiger partial charge >= 0.3 is 5.97 Å². The fraction of sp³-hybridized carbons (Fsp3) is 0.125. The molecule has 5 aromatic carbocycles. The Morgan fingerprint density at radius 1 is 0.542 bits per heavy atom. The van der Waals surface area contributed by atoms with Gasteiger partial charge in [-0.2, -0.15) is 0 Å². The Morgan fingerprint density at radius 3 is 1.31 bits per heavy atom. The first-order valence-electron chi connectivity index (χ1n) is 15.2. The molecule has 242 valence electrons. The quantitative estimate of drug-likeness (QED) is 0.0910. The summed E-state index contributed by atoms with van der Waals surface area (Å²) < 4.78 is 6.47. The molecule has 1 aliphatic rings. The van der Waals surface area contributed by atoms with E-state index in [0.717, 1.165) is 44.8 Å². The van der Waals surface area contributed by atoms with Crippen molar-refractivity contribution in [1.29, 1.82) is 0 Å². The van der Waals surface area contributed by atoms with Crippen molar-refractivity contribution in [3.05, 3.63) is 175 Å². The number of nitrogens with zero attached hydrogens (tertiary/aromatic N) is 2. The standard InChI is InChI=1S/C40H32Cl4N2O2/c1-45(2)29-19-15-27(16-20-29)31(25-11-7-5-8-12-25)23-40(34-33(39(47)48-40)35(41)37(43)38(44)36(34)42)24-32(26-13-9-6-10-14-26)28-17-21-30(22-18-28)46(3)4/h5-24H,1-4H3/b31-23+,32-24+. The molecule has 0 fully saturated rings. The molecule has 0 aliphatic carbocycles. The molecule has 0 aromatic heterocycles. The monoisotopic (exact) mass is 712 g/mol. The molecule has 1 aliphatic heterocycles. The van der Waals surface area contributed by atoms with Gasteiger partial charge in [-0.3, -0.25) is 0 Å². The van der Waals surface area contributed by atoms with Crippen LogP contribution in [-0.2, 0) is 10.3 Å². The van der Waals surface area contributed by atoms with E-state index in [-0.39, 0.29) is 25.7 Å². The Kier molecular flexibility index (Phi) is 9.64. The highest BCUT2D eigenvalue weighted by Crippen LogP contribution is 2.53. The van der Waals surface area contributed by atoms with Crippen molar-refractivity contribution in [2.45, 2.75) is 5.60 Å². The summed E-state index contributed by atoms with van der Waals surface area (Å²) in [4.78, 5) is 18.0. The SMILES string of the molecule is CN(C)c1ccc(/C(=C/C2(/C=C(\c3ccccc3)c3ccc(N(C)C)cc3)OC(=O)c3c(Cl)c(Cl)c(Cl)c(Cl)c32)c2ccccc2)cc1. The molecule has 1 heterocycles. The van der Waals surface area contributed by atoms with Crippen molar-refractivity contribution >= 4 is 74.9 Å². The van der Waals surface area contributed by atoms with E-state index < -0.39 is 11.6 Å². The van der Waals surface area contributed by atoms with Gasteiger partial charge in [0.15, 0.2) is 5.60 Å². The molecule has 6 rings (SSSR count). The molecular formula is C40H32Cl4N2O2. The molecule has 5 aromatic rings. The Balaban J connectivity index is 1.73. The predicted molar refractivity (Wildman–Crippen MR) is 202 cm³/mol. The molecule has 0 atom stereocenters. The number of halogens is 4. The average Bonchev–Trinajstić information content (AvgIpc) is 3.39. The van der Waals surface area contributed by atoms with E-state index in [2.05, 4.69) is 0 Å². The second-order valence-electron chi connectivity index (χ2n) is 11.9. The number of carbonyl (C=O) groups is 1. The second kappa shape index (κ2) is 13.7. The topological polar surface area (TPSA) is 32.8 Å². The van der Waals surface area contributed by atoms with Gasteiger partial charge in [0.25, 0.3) is 0 Å². The smallest absolute Gasteiger partial charge is 0.341 e. The first kappa shape index (κ1) is 33.7. The second-order valence-corrected chi connectivity index (χ2v) is 13.4. The van der Waals surface area contributed by atoms with Crippen LogP contribution >= 0.6 is 46.4 Å². The zero-order valence-electron chi connectivity index (χ0n) is 26.8. The summed E-state index contributed by atoms with van der Waals surface area (Å²) in [5.74, 6) is -0.659. The summed E-state index contributed by atoms with van der Waals surface area (Å²) in [6, 6.07) is 36.2. The van der Waals surface area contributed by atoms with Gasteiger partial charge in [0.2, 0.25) is 0 Å². The molecule has 0 N–H and O–H groups in total. The molecule has 0 saturated carbocycles. The number of anilines is 2. The fourth-order valence-corrected chi connectivity index (χ4v) is 6.98. The van der Waals surface area contributed by atoms with E-state index >= 15 is 0 Å². The number of rotatable bonds is 8. The Bertz CT molecular complexity index is 1930. The Hall–Kier alpha value is -4.19. The third-order valence-corrected chi connectivity index (χ3v) is 10.2. The minimum Gasteiger partial charge on any atom is -0.442 e. The lowest BCUT2D eigenvalue weighted by Gasteiger charge is -2.27. The van der Waals surface area contributed by atoms with Crippen LogP contribution in [0.2, 0.25) is 20.1 Å². The minimum absolute atomic E-state index is 0.00657. The number of hydrogen-bond acceptors (Lipinski definition) is 4. The summed E-state index contributed by atoms with van der Waals surface area (Å²) >= 11 is 27.0. The molecule has 0 radical (unpaired) electrons. The van der Waals surface area contributed by atoms with E-state index in [4.69, 9.17) is 51.1 Å². The van der Waals surface area contributed by atoms with Crippen molar-refractivity contribution < 1.29 is 9.53 Å². The van der Waals surface area contributed by atoms with Gasteiger partial charge in [0.1, 0.15) is 0 Å². The van der Waals surface area contributed by atoms with Crippen LogP contribution in [0.4, 0.5) is 11.4 Å². The number of cyclic esters (lactones) is 1. The van der Waals surface area contributed by atoms with Crippen LogP contribution in [0.3, 0.4) is 0 Å². The first-order valence-corrected chi connectivity index (χ1v) is 16.7. The maximum Gasteiger partial charge on any atom is 0.341 e. The molecule has 0 spiro atoms. The summed E-state index contributed by atoms with van der Waals surface area (Å²) in [5.41, 5.74) is 6.18. The van der Waals surface area contributed by atoms with E-state index in [1.165, 1.54) is 0 Å². The lowest BCUT2D eigenvalue weighted by Crippen LogP contribution is -2.23. The number of hydrogen-bond donors (Lipinski definition) is 0. The van der Waals surface area contributed by atoms with Crippen molar-refractivity contribution in [2.24, 2.45) is 0 Å². The van der Waals surface area contributed by atoms with E-state index in [9.17, 15) is 4.79 Å². The van der Waals surface area contributed by atoms with Gasteiger partial charge < -0.3 is 14.5 Å². The molecule has 4 nitrogen and oxygen atoms in total. The molecule has 8 heteroatoms. The van der Waals surface area contributed by atoms with Gasteiger partial charge in [0, 0.05) is 45.1 Å². The van der Waals surface area contributed by atoms with Gasteiger partial charge in [-0.15, -0.1) is 0 Å². The van der Waals surface area contributed by atoms with Gasteiger partial charge in [0.05, 0.1) is 25.7 Å². The number of ether oxygens (including phenoxy) is 1. The molecule has 48 heavy (non-hydrogen) atoms. The van der Waals surface area contributed by atoms with Gasteiger partial charge in [-0.1, -0.05) is 131 Å². The van der Waals surface area contributed by atoms with Crippen molar-refractivity contribution in [1.82, 2.24) is 0 Å². The summed E-state index contributed by atoms with van der Waals surface area (Å²) in [5, 5.41) is 0.112. The number of fused-ring (bicyclic) bond motifs is 1. The third kappa shape index (κ3) is 6.34. The molecule has 0 bridgehead atoms. The third-order valence-electron chi connectivity index (χ3n) is 8.40. The average molecular weight is 715 g/mol. The zero-order chi connectivity index (χ0) is 34.2. The number of esters is 1. The van der Waals surface area contributed by atoms with Crippen LogP contribution in [0, 0.1) is 0 Å². The molecule has 0 unspecified atom stereocenters. The number of benzene rings is 5. The van der Waals surface area contributed by atoms with Crippen LogP contribution in [0.25, 0.3) is 11.1 Å². The highest BCUT2D eigenvalue weighted by atomic mass is 35.5. The predicted octanol–water partition coefficient (Wildman–Crippen LogP) is 11.1. The van der Waals surface area contributed by atoms with Crippen molar-refractivity contribution in [3.8, 4) is 0 Å². The largest absolute Gasteiger partial charge is 0.442 e. The molecular weight excluding hydrogens is 682 g/mol. The van der Waals surface area contributed by atoms with Crippen molar-refractivity contribution in [2.75, 3.05) is 38.0 Å². The Morgan fingerprint density at radius 2 is 0.917 bits per heavy atom.